The topological polar surface area (TPSA) is 84.6 Å². The van der Waals surface area contributed by atoms with Gasteiger partial charge in [-0.15, -0.1) is 13.2 Å². The summed E-state index contributed by atoms with van der Waals surface area (Å²) < 4.78 is 40.3. The number of halogens is 3. The molecule has 0 bridgehead atoms. The van der Waals surface area contributed by atoms with E-state index >= 15 is 0 Å². The Kier molecular flexibility index (Phi) is 7.16. The summed E-state index contributed by atoms with van der Waals surface area (Å²) in [6.45, 7) is 0.490. The molecule has 0 amide bonds. The molecular weight excluding hydrogens is 360 g/mol. The molecule has 1 aliphatic carbocycles. The first kappa shape index (κ1) is 21.6. The van der Waals surface area contributed by atoms with Crippen molar-refractivity contribution in [1.29, 1.82) is 0 Å². The first-order chi connectivity index (χ1) is 12.6. The number of carboxylic acid groups (broad SMARTS) is 1. The van der Waals surface area contributed by atoms with Gasteiger partial charge < -0.3 is 20.9 Å². The zero-order valence-corrected chi connectivity index (χ0v) is 15.4. The number of aliphatic carboxylic acids is 1. The number of hydrogen-bond acceptors (Lipinski definition) is 4. The molecule has 0 radical (unpaired) electrons. The van der Waals surface area contributed by atoms with Crippen LogP contribution in [0.25, 0.3) is 0 Å². The van der Waals surface area contributed by atoms with E-state index in [0.717, 1.165) is 24.7 Å². The van der Waals surface area contributed by atoms with E-state index in [4.69, 9.17) is 5.73 Å². The third-order valence-electron chi connectivity index (χ3n) is 5.21. The van der Waals surface area contributed by atoms with E-state index < -0.39 is 17.9 Å². The maximum atomic E-state index is 12.2. The van der Waals surface area contributed by atoms with Crippen LogP contribution in [0.15, 0.2) is 24.3 Å². The summed E-state index contributed by atoms with van der Waals surface area (Å²) in [5.74, 6) is -1.26. The number of nitrogens with two attached hydrogens (primary N) is 1. The predicted octanol–water partition coefficient (Wildman–Crippen LogP) is 2.46. The van der Waals surface area contributed by atoms with Gasteiger partial charge in [0.1, 0.15) is 19.1 Å². The first-order valence-corrected chi connectivity index (χ1v) is 9.24. The number of carbonyl (C=O) groups is 1. The Labute approximate surface area is 157 Å². The van der Waals surface area contributed by atoms with Crippen molar-refractivity contribution in [3.05, 3.63) is 29.8 Å². The largest absolute Gasteiger partial charge is 0.573 e. The van der Waals surface area contributed by atoms with Gasteiger partial charge in [0.2, 0.25) is 0 Å². The number of carboxylic acids is 1. The molecule has 1 aromatic carbocycles. The molecule has 0 aliphatic heterocycles. The van der Waals surface area contributed by atoms with Crippen molar-refractivity contribution in [2.24, 2.45) is 11.7 Å². The predicted molar refractivity (Wildman–Crippen MR) is 98.2 cm³/mol. The number of alkyl halides is 3. The molecule has 1 saturated carbocycles. The van der Waals surface area contributed by atoms with Crippen molar-refractivity contribution in [2.75, 3.05) is 0 Å². The van der Waals surface area contributed by atoms with Crippen molar-refractivity contribution in [3.63, 3.8) is 0 Å². The minimum atomic E-state index is -4.70. The van der Waals surface area contributed by atoms with E-state index in [2.05, 4.69) is 17.9 Å². The highest BCUT2D eigenvalue weighted by molar-refractivity contribution is 6.08. The fraction of sp³-hybridized carbons (Fsp3) is 0.611. The van der Waals surface area contributed by atoms with E-state index in [9.17, 15) is 23.1 Å². The maximum Gasteiger partial charge on any atom is 0.573 e. The van der Waals surface area contributed by atoms with Crippen molar-refractivity contribution in [3.8, 4) is 5.75 Å². The van der Waals surface area contributed by atoms with Crippen LogP contribution in [0, 0.1) is 5.92 Å². The van der Waals surface area contributed by atoms with Crippen molar-refractivity contribution >= 4 is 13.8 Å². The second kappa shape index (κ2) is 8.97. The Bertz CT molecular complexity index is 621. The lowest BCUT2D eigenvalue weighted by atomic mass is 9.66. The van der Waals surface area contributed by atoms with Gasteiger partial charge in [-0.3, -0.25) is 4.79 Å². The van der Waals surface area contributed by atoms with Crippen molar-refractivity contribution < 1.29 is 27.8 Å². The molecule has 0 aromatic heterocycles. The highest BCUT2D eigenvalue weighted by Gasteiger charge is 2.47. The standard InChI is InChI=1S/C18H26BF3N2O3/c19-8-2-1-7-17(23,16(25)26)13-9-14(10-13)24-11-12-3-5-15(6-4-12)27-18(20,21)22/h3-6,13-14,24H,1-2,7-11,19,23H2,(H,25,26)/t13-,14+,17?. The van der Waals surface area contributed by atoms with Crippen LogP contribution in [0.5, 0.6) is 5.75 Å². The van der Waals surface area contributed by atoms with Gasteiger partial charge in [0.05, 0.1) is 0 Å². The molecular formula is C18H26BF3N2O3. The van der Waals surface area contributed by atoms with E-state index in [0.29, 0.717) is 25.8 Å². The zero-order valence-electron chi connectivity index (χ0n) is 15.4. The summed E-state index contributed by atoms with van der Waals surface area (Å²) in [5.41, 5.74) is 5.84. The Morgan fingerprint density at radius 1 is 1.26 bits per heavy atom. The smallest absolute Gasteiger partial charge is 0.480 e. The monoisotopic (exact) mass is 386 g/mol. The molecule has 1 fully saturated rings. The summed E-state index contributed by atoms with van der Waals surface area (Å²) in [7, 11) is 2.06. The van der Waals surface area contributed by atoms with Gasteiger partial charge in [-0.1, -0.05) is 31.3 Å². The average molecular weight is 386 g/mol. The molecule has 1 aromatic rings. The van der Waals surface area contributed by atoms with Crippen LogP contribution in [-0.4, -0.2) is 36.9 Å². The molecule has 0 spiro atoms. The summed E-state index contributed by atoms with van der Waals surface area (Å²) in [6, 6.07) is 5.85. The van der Waals surface area contributed by atoms with Gasteiger partial charge in [-0.25, -0.2) is 0 Å². The third kappa shape index (κ3) is 6.14. The van der Waals surface area contributed by atoms with Gasteiger partial charge >= 0.3 is 12.3 Å². The number of unbranched alkanes of at least 4 members (excludes halogenated alkanes) is 1. The highest BCUT2D eigenvalue weighted by Crippen LogP contribution is 2.38. The molecule has 4 N–H and O–H groups in total. The number of nitrogens with one attached hydrogen (secondary N) is 1. The Morgan fingerprint density at radius 3 is 2.41 bits per heavy atom. The van der Waals surface area contributed by atoms with Crippen LogP contribution in [-0.2, 0) is 11.3 Å². The van der Waals surface area contributed by atoms with E-state index in [-0.39, 0.29) is 17.7 Å². The van der Waals surface area contributed by atoms with Crippen LogP contribution >= 0.6 is 0 Å². The van der Waals surface area contributed by atoms with E-state index in [1.165, 1.54) is 12.1 Å². The van der Waals surface area contributed by atoms with E-state index in [1.807, 2.05) is 0 Å². The lowest BCUT2D eigenvalue weighted by Crippen LogP contribution is -2.60. The molecule has 150 valence electrons. The third-order valence-corrected chi connectivity index (χ3v) is 5.21. The van der Waals surface area contributed by atoms with Gasteiger partial charge in [-0.05, 0) is 42.9 Å². The minimum Gasteiger partial charge on any atom is -0.480 e. The lowest BCUT2D eigenvalue weighted by Gasteiger charge is -2.45. The minimum absolute atomic E-state index is 0.0630. The Morgan fingerprint density at radius 2 is 1.89 bits per heavy atom. The Balaban J connectivity index is 1.78. The fourth-order valence-corrected chi connectivity index (χ4v) is 3.43. The number of benzene rings is 1. The molecule has 1 unspecified atom stereocenters. The maximum absolute atomic E-state index is 12.2. The molecule has 0 saturated heterocycles. The summed E-state index contributed by atoms with van der Waals surface area (Å²) in [4.78, 5) is 11.6. The van der Waals surface area contributed by atoms with Crippen LogP contribution in [0.1, 0.15) is 37.7 Å². The average Bonchev–Trinajstić information content (AvgIpc) is 2.53. The van der Waals surface area contributed by atoms with Gasteiger partial charge in [-0.2, -0.15) is 0 Å². The zero-order chi connectivity index (χ0) is 20.1. The summed E-state index contributed by atoms with van der Waals surface area (Å²) >= 11 is 0. The number of rotatable bonds is 10. The van der Waals surface area contributed by atoms with Gasteiger partial charge in [0.25, 0.3) is 0 Å². The molecule has 0 heterocycles. The van der Waals surface area contributed by atoms with Gasteiger partial charge in [0, 0.05) is 12.6 Å². The molecule has 1 atom stereocenters. The quantitative estimate of drug-likeness (QED) is 0.425. The second-order valence-corrected chi connectivity index (χ2v) is 7.24. The van der Waals surface area contributed by atoms with Crippen molar-refractivity contribution in [2.45, 2.75) is 62.9 Å². The van der Waals surface area contributed by atoms with Gasteiger partial charge in [0.15, 0.2) is 0 Å². The van der Waals surface area contributed by atoms with Crippen LogP contribution < -0.4 is 15.8 Å². The van der Waals surface area contributed by atoms with Crippen LogP contribution in [0.4, 0.5) is 13.2 Å². The SMILES string of the molecule is BCCCCC(N)(C(=O)O)[C@H]1C[C@@H](NCc2ccc(OC(F)(F)F)cc2)C1. The van der Waals surface area contributed by atoms with Crippen LogP contribution in [0.2, 0.25) is 6.32 Å². The Hall–Kier alpha value is -1.74. The normalized spacial score (nSPS) is 21.9. The van der Waals surface area contributed by atoms with E-state index in [1.54, 1.807) is 12.1 Å². The summed E-state index contributed by atoms with van der Waals surface area (Å²) in [6.07, 6.45) is -0.0639. The van der Waals surface area contributed by atoms with Crippen LogP contribution in [0.3, 0.4) is 0 Å². The second-order valence-electron chi connectivity index (χ2n) is 7.24. The molecule has 1 aliphatic rings. The molecule has 27 heavy (non-hydrogen) atoms. The fourth-order valence-electron chi connectivity index (χ4n) is 3.43. The molecule has 2 rings (SSSR count). The lowest BCUT2D eigenvalue weighted by molar-refractivity contribution is -0.274. The first-order valence-electron chi connectivity index (χ1n) is 9.24. The molecule has 9 heteroatoms. The van der Waals surface area contributed by atoms with Crippen molar-refractivity contribution in [1.82, 2.24) is 5.32 Å². The molecule has 5 nitrogen and oxygen atoms in total. The number of hydrogen-bond donors (Lipinski definition) is 3. The summed E-state index contributed by atoms with van der Waals surface area (Å²) in [5, 5.41) is 12.8. The number of ether oxygens (including phenoxy) is 1. The highest BCUT2D eigenvalue weighted by atomic mass is 19.4.